The smallest absolute Gasteiger partial charge is 0.201 e. The van der Waals surface area contributed by atoms with Crippen LogP contribution in [0.5, 0.6) is 23.0 Å². The molecule has 124 valence electrons. The molecule has 2 aromatic rings. The second-order valence-corrected chi connectivity index (χ2v) is 5.34. The van der Waals surface area contributed by atoms with Gasteiger partial charge in [0.1, 0.15) is 5.75 Å². The molecule has 0 saturated heterocycles. The number of ether oxygens (including phenoxy) is 1. The Balaban J connectivity index is 2.20. The molecule has 1 atom stereocenters. The molecule has 0 heterocycles. The highest BCUT2D eigenvalue weighted by Crippen LogP contribution is 2.42. The number of para-hydroxylation sites is 1. The lowest BCUT2D eigenvalue weighted by Crippen LogP contribution is -2.22. The lowest BCUT2D eigenvalue weighted by atomic mass is 10.1. The van der Waals surface area contributed by atoms with E-state index >= 15 is 0 Å². The molecule has 0 radical (unpaired) electrons. The van der Waals surface area contributed by atoms with E-state index in [-0.39, 0.29) is 17.2 Å². The molecular weight excluding hydrogens is 294 g/mol. The van der Waals surface area contributed by atoms with Gasteiger partial charge in [-0.05, 0) is 37.2 Å². The maximum atomic E-state index is 10.4. The number of unbranched alkanes of at least 4 members (excludes halogenated alkanes) is 1. The minimum Gasteiger partial charge on any atom is -0.504 e. The lowest BCUT2D eigenvalue weighted by molar-refractivity contribution is 0.170. The molecule has 5 heteroatoms. The van der Waals surface area contributed by atoms with Gasteiger partial charge in [-0.25, -0.2) is 0 Å². The van der Waals surface area contributed by atoms with Crippen molar-refractivity contribution in [3.63, 3.8) is 0 Å². The summed E-state index contributed by atoms with van der Waals surface area (Å²) in [4.78, 5) is 0. The van der Waals surface area contributed by atoms with Crippen LogP contribution >= 0.6 is 0 Å². The molecule has 0 amide bonds. The van der Waals surface area contributed by atoms with E-state index in [2.05, 4.69) is 12.2 Å². The van der Waals surface area contributed by atoms with Crippen LogP contribution in [0.2, 0.25) is 0 Å². The average Bonchev–Trinajstić information content (AvgIpc) is 2.57. The predicted octanol–water partition coefficient (Wildman–Crippen LogP) is 3.31. The molecular formula is C18H23NO4. The van der Waals surface area contributed by atoms with Crippen LogP contribution in [0.1, 0.15) is 31.4 Å². The van der Waals surface area contributed by atoms with E-state index in [1.165, 1.54) is 6.07 Å². The zero-order valence-electron chi connectivity index (χ0n) is 13.2. The Bertz CT molecular complexity index is 616. The molecule has 23 heavy (non-hydrogen) atoms. The number of rotatable bonds is 8. The van der Waals surface area contributed by atoms with Crippen molar-refractivity contribution in [2.75, 3.05) is 13.1 Å². The third-order valence-corrected chi connectivity index (χ3v) is 3.51. The standard InChI is InChI=1S/C18H23NO4/c1-2-3-11-19-12-16(21)14-9-10-15(20)17(22)18(14)23-13-7-5-4-6-8-13/h4-10,16,19-22H,2-3,11-12H2,1H3. The van der Waals surface area contributed by atoms with Crippen molar-refractivity contribution in [1.82, 2.24) is 5.32 Å². The van der Waals surface area contributed by atoms with Gasteiger partial charge in [-0.2, -0.15) is 0 Å². The van der Waals surface area contributed by atoms with Crippen molar-refractivity contribution in [1.29, 1.82) is 0 Å². The second kappa shape index (κ2) is 8.41. The molecule has 0 aromatic heterocycles. The van der Waals surface area contributed by atoms with Gasteiger partial charge in [0.15, 0.2) is 11.5 Å². The van der Waals surface area contributed by atoms with Gasteiger partial charge >= 0.3 is 0 Å². The fraction of sp³-hybridized carbons (Fsp3) is 0.333. The zero-order valence-corrected chi connectivity index (χ0v) is 13.2. The van der Waals surface area contributed by atoms with Crippen molar-refractivity contribution in [2.45, 2.75) is 25.9 Å². The fourth-order valence-corrected chi connectivity index (χ4v) is 2.20. The Hall–Kier alpha value is -2.24. The van der Waals surface area contributed by atoms with Crippen LogP contribution in [-0.2, 0) is 0 Å². The van der Waals surface area contributed by atoms with Crippen molar-refractivity contribution < 1.29 is 20.1 Å². The monoisotopic (exact) mass is 317 g/mol. The molecule has 0 bridgehead atoms. The highest BCUT2D eigenvalue weighted by atomic mass is 16.5. The first-order chi connectivity index (χ1) is 11.1. The Labute approximate surface area is 136 Å². The molecule has 4 N–H and O–H groups in total. The summed E-state index contributed by atoms with van der Waals surface area (Å²) in [5.41, 5.74) is 0.424. The third kappa shape index (κ3) is 4.61. The van der Waals surface area contributed by atoms with E-state index in [0.717, 1.165) is 19.4 Å². The number of aliphatic hydroxyl groups excluding tert-OH is 1. The van der Waals surface area contributed by atoms with Gasteiger partial charge in [-0.1, -0.05) is 31.5 Å². The Morgan fingerprint density at radius 2 is 1.83 bits per heavy atom. The van der Waals surface area contributed by atoms with Crippen molar-refractivity contribution in [3.8, 4) is 23.0 Å². The van der Waals surface area contributed by atoms with Gasteiger partial charge in [-0.15, -0.1) is 0 Å². The fourth-order valence-electron chi connectivity index (χ4n) is 2.20. The molecule has 0 fully saturated rings. The number of phenolic OH excluding ortho intramolecular Hbond substituents is 2. The van der Waals surface area contributed by atoms with Gasteiger partial charge in [-0.3, -0.25) is 0 Å². The summed E-state index contributed by atoms with van der Waals surface area (Å²) < 4.78 is 5.67. The van der Waals surface area contributed by atoms with Crippen molar-refractivity contribution in [3.05, 3.63) is 48.0 Å². The summed E-state index contributed by atoms with van der Waals surface area (Å²) in [5, 5.41) is 33.3. The summed E-state index contributed by atoms with van der Waals surface area (Å²) in [6.07, 6.45) is 1.25. The highest BCUT2D eigenvalue weighted by Gasteiger charge is 2.20. The van der Waals surface area contributed by atoms with Gasteiger partial charge in [0.2, 0.25) is 5.75 Å². The van der Waals surface area contributed by atoms with Crippen LogP contribution in [0, 0.1) is 0 Å². The minimum absolute atomic E-state index is 0.0704. The maximum absolute atomic E-state index is 10.4. The lowest BCUT2D eigenvalue weighted by Gasteiger charge is -2.18. The summed E-state index contributed by atoms with van der Waals surface area (Å²) in [6.45, 7) is 3.25. The number of nitrogens with one attached hydrogen (secondary N) is 1. The van der Waals surface area contributed by atoms with Crippen LogP contribution in [0.25, 0.3) is 0 Å². The normalized spacial score (nSPS) is 12.1. The zero-order chi connectivity index (χ0) is 16.7. The summed E-state index contributed by atoms with van der Waals surface area (Å²) in [7, 11) is 0. The molecule has 5 nitrogen and oxygen atoms in total. The second-order valence-electron chi connectivity index (χ2n) is 5.34. The first kappa shape index (κ1) is 17.1. The molecule has 0 aliphatic carbocycles. The number of phenols is 2. The minimum atomic E-state index is -0.850. The van der Waals surface area contributed by atoms with E-state index in [9.17, 15) is 15.3 Å². The predicted molar refractivity (Wildman–Crippen MR) is 89.0 cm³/mol. The molecule has 2 aromatic carbocycles. The number of hydrogen-bond donors (Lipinski definition) is 4. The van der Waals surface area contributed by atoms with Crippen LogP contribution in [0.4, 0.5) is 0 Å². The summed E-state index contributed by atoms with van der Waals surface area (Å²) in [5.74, 6) is -0.0773. The van der Waals surface area contributed by atoms with Crippen molar-refractivity contribution in [2.24, 2.45) is 0 Å². The molecule has 0 spiro atoms. The van der Waals surface area contributed by atoms with Crippen LogP contribution in [-0.4, -0.2) is 28.4 Å². The van der Waals surface area contributed by atoms with Gasteiger partial charge < -0.3 is 25.4 Å². The molecule has 1 unspecified atom stereocenters. The molecule has 0 aliphatic heterocycles. The maximum Gasteiger partial charge on any atom is 0.201 e. The van der Waals surface area contributed by atoms with Crippen LogP contribution < -0.4 is 10.1 Å². The number of benzene rings is 2. The highest BCUT2D eigenvalue weighted by molar-refractivity contribution is 5.56. The summed E-state index contributed by atoms with van der Waals surface area (Å²) >= 11 is 0. The first-order valence-corrected chi connectivity index (χ1v) is 7.80. The Morgan fingerprint density at radius 1 is 1.09 bits per heavy atom. The Morgan fingerprint density at radius 3 is 2.52 bits per heavy atom. The number of hydrogen-bond acceptors (Lipinski definition) is 5. The van der Waals surface area contributed by atoms with Gasteiger partial charge in [0.05, 0.1) is 6.10 Å². The number of aromatic hydroxyl groups is 2. The van der Waals surface area contributed by atoms with E-state index in [1.54, 1.807) is 30.3 Å². The van der Waals surface area contributed by atoms with E-state index < -0.39 is 6.10 Å². The average molecular weight is 317 g/mol. The van der Waals surface area contributed by atoms with Crippen LogP contribution in [0.3, 0.4) is 0 Å². The van der Waals surface area contributed by atoms with Gasteiger partial charge in [0, 0.05) is 12.1 Å². The summed E-state index contributed by atoms with van der Waals surface area (Å²) in [6, 6.07) is 11.8. The molecule has 2 rings (SSSR count). The largest absolute Gasteiger partial charge is 0.504 e. The third-order valence-electron chi connectivity index (χ3n) is 3.51. The SMILES string of the molecule is CCCCNCC(O)c1ccc(O)c(O)c1Oc1ccccc1. The topological polar surface area (TPSA) is 82.0 Å². The quantitative estimate of drug-likeness (QED) is 0.443. The van der Waals surface area contributed by atoms with Gasteiger partial charge in [0.25, 0.3) is 0 Å². The Kier molecular flexibility index (Phi) is 6.26. The van der Waals surface area contributed by atoms with E-state index in [0.29, 0.717) is 17.9 Å². The van der Waals surface area contributed by atoms with E-state index in [1.807, 2.05) is 6.07 Å². The van der Waals surface area contributed by atoms with Crippen LogP contribution in [0.15, 0.2) is 42.5 Å². The van der Waals surface area contributed by atoms with E-state index in [4.69, 9.17) is 4.74 Å². The first-order valence-electron chi connectivity index (χ1n) is 7.80. The number of aliphatic hydroxyl groups is 1. The molecule has 0 saturated carbocycles. The van der Waals surface area contributed by atoms with Crippen molar-refractivity contribution >= 4 is 0 Å². The molecule has 0 aliphatic rings.